The molecule has 1 aromatic carbocycles. The molecule has 3 aromatic rings. The Bertz CT molecular complexity index is 1220. The van der Waals surface area contributed by atoms with Crippen molar-refractivity contribution >= 4 is 46.5 Å². The van der Waals surface area contributed by atoms with E-state index in [0.29, 0.717) is 36.1 Å². The molecule has 2 saturated heterocycles. The number of amides is 2. The van der Waals surface area contributed by atoms with Crippen LogP contribution in [-0.4, -0.2) is 76.4 Å². The quantitative estimate of drug-likeness (QED) is 0.413. The van der Waals surface area contributed by atoms with Crippen LogP contribution in [0, 0.1) is 5.82 Å². The van der Waals surface area contributed by atoms with Gasteiger partial charge in [0, 0.05) is 38.1 Å². The second kappa shape index (κ2) is 10.9. The van der Waals surface area contributed by atoms with Gasteiger partial charge in [-0.1, -0.05) is 34.8 Å². The van der Waals surface area contributed by atoms with E-state index in [9.17, 15) is 9.18 Å². The molecular weight excluding hydrogens is 534 g/mol. The predicted octanol–water partition coefficient (Wildman–Crippen LogP) is 4.54. The number of carbonyl (C=O) groups excluding carboxylic acids is 1. The summed E-state index contributed by atoms with van der Waals surface area (Å²) in [5, 5.41) is 7.66. The number of carbonyl (C=O) groups is 1. The van der Waals surface area contributed by atoms with Gasteiger partial charge in [-0.15, -0.1) is 10.2 Å². The van der Waals surface area contributed by atoms with Crippen molar-refractivity contribution in [2.75, 3.05) is 44.3 Å². The first-order valence-electron chi connectivity index (χ1n) is 11.3. The smallest absolute Gasteiger partial charge is 0.324 e. The molecule has 36 heavy (non-hydrogen) atoms. The summed E-state index contributed by atoms with van der Waals surface area (Å²) in [4.78, 5) is 22.8. The Labute approximate surface area is 221 Å². The minimum atomic E-state index is -0.926. The fourth-order valence-corrected chi connectivity index (χ4v) is 4.40. The molecule has 0 bridgehead atoms. The van der Waals surface area contributed by atoms with E-state index in [0.717, 1.165) is 26.3 Å². The van der Waals surface area contributed by atoms with Gasteiger partial charge in [-0.05, 0) is 30.3 Å². The maximum atomic E-state index is 13.8. The highest BCUT2D eigenvalue weighted by Crippen LogP contribution is 2.28. The molecule has 0 unspecified atom stereocenters. The lowest BCUT2D eigenvalue weighted by atomic mass is 10.2. The number of nitrogens with zero attached hydrogens (tertiary/aromatic N) is 6. The molecule has 190 valence electrons. The summed E-state index contributed by atoms with van der Waals surface area (Å²) in [5.74, 6) is -0.239. The van der Waals surface area contributed by atoms with Crippen LogP contribution in [0.4, 0.5) is 14.9 Å². The standard InChI is InChI=1S/C23H22Cl3FN6O3/c24-18-9-16(3-4-19(18)27)33(23(34)32-7-5-31(6-8-32)17-12-35-13-17)11-15-2-1-14(10-28-15)21-29-30-22(36-21)20(25)26/h1-4,9-10,17,20H,5-8,11-13H2. The Morgan fingerprint density at radius 1 is 1.14 bits per heavy atom. The van der Waals surface area contributed by atoms with Gasteiger partial charge in [-0.2, -0.15) is 0 Å². The number of piperazine rings is 1. The van der Waals surface area contributed by atoms with Gasteiger partial charge in [-0.3, -0.25) is 14.8 Å². The largest absolute Gasteiger partial charge is 0.418 e. The average molecular weight is 556 g/mol. The lowest BCUT2D eigenvalue weighted by molar-refractivity contribution is -0.0738. The SMILES string of the molecule is O=C(N1CCN(C2COC2)CC1)N(Cc1ccc(-c2nnc(C(Cl)Cl)o2)cn1)c1ccc(F)c(Cl)c1. The van der Waals surface area contributed by atoms with E-state index in [1.807, 2.05) is 0 Å². The van der Waals surface area contributed by atoms with Crippen LogP contribution in [0.5, 0.6) is 0 Å². The maximum absolute atomic E-state index is 13.8. The first-order valence-corrected chi connectivity index (χ1v) is 12.5. The van der Waals surface area contributed by atoms with Crippen LogP contribution in [0.1, 0.15) is 16.4 Å². The fourth-order valence-electron chi connectivity index (χ4n) is 4.05. The number of urea groups is 1. The summed E-state index contributed by atoms with van der Waals surface area (Å²) in [6.45, 7) is 4.31. The number of aromatic nitrogens is 3. The van der Waals surface area contributed by atoms with E-state index in [4.69, 9.17) is 44.0 Å². The molecular formula is C23H22Cl3FN6O3. The highest BCUT2D eigenvalue weighted by Gasteiger charge is 2.32. The second-order valence-corrected chi connectivity index (χ2v) is 9.97. The summed E-state index contributed by atoms with van der Waals surface area (Å²) >= 11 is 17.6. The average Bonchev–Trinajstić information content (AvgIpc) is 3.35. The van der Waals surface area contributed by atoms with Crippen LogP contribution in [0.15, 0.2) is 40.9 Å². The Kier molecular flexibility index (Phi) is 7.59. The normalized spacial score (nSPS) is 16.9. The molecule has 2 amide bonds. The lowest BCUT2D eigenvalue weighted by Gasteiger charge is -2.43. The zero-order valence-electron chi connectivity index (χ0n) is 19.0. The van der Waals surface area contributed by atoms with E-state index in [1.165, 1.54) is 18.2 Å². The third-order valence-corrected chi connectivity index (χ3v) is 6.85. The van der Waals surface area contributed by atoms with Gasteiger partial charge in [0.15, 0.2) is 4.84 Å². The molecule has 5 rings (SSSR count). The van der Waals surface area contributed by atoms with Gasteiger partial charge < -0.3 is 14.1 Å². The van der Waals surface area contributed by atoms with Crippen molar-refractivity contribution < 1.29 is 18.3 Å². The second-order valence-electron chi connectivity index (χ2n) is 8.47. The van der Waals surface area contributed by atoms with Crippen molar-refractivity contribution in [2.24, 2.45) is 0 Å². The highest BCUT2D eigenvalue weighted by molar-refractivity contribution is 6.43. The summed E-state index contributed by atoms with van der Waals surface area (Å²) in [5.41, 5.74) is 1.65. The Morgan fingerprint density at radius 2 is 1.92 bits per heavy atom. The van der Waals surface area contributed by atoms with Crippen LogP contribution in [0.3, 0.4) is 0 Å². The van der Waals surface area contributed by atoms with Crippen molar-refractivity contribution in [1.82, 2.24) is 25.0 Å². The number of pyridine rings is 1. The van der Waals surface area contributed by atoms with Crippen LogP contribution < -0.4 is 4.90 Å². The zero-order chi connectivity index (χ0) is 25.2. The molecule has 13 heteroatoms. The summed E-state index contributed by atoms with van der Waals surface area (Å²) in [6.07, 6.45) is 1.56. The Balaban J connectivity index is 1.34. The van der Waals surface area contributed by atoms with Crippen LogP contribution in [0.2, 0.25) is 5.02 Å². The van der Waals surface area contributed by atoms with Crippen molar-refractivity contribution in [2.45, 2.75) is 17.4 Å². The van der Waals surface area contributed by atoms with Gasteiger partial charge in [0.2, 0.25) is 11.8 Å². The first-order chi connectivity index (χ1) is 17.4. The summed E-state index contributed by atoms with van der Waals surface area (Å²) < 4.78 is 24.6. The van der Waals surface area contributed by atoms with E-state index in [2.05, 4.69) is 20.1 Å². The molecule has 0 spiro atoms. The van der Waals surface area contributed by atoms with Crippen LogP contribution >= 0.6 is 34.8 Å². The van der Waals surface area contributed by atoms with Gasteiger partial charge in [0.1, 0.15) is 5.82 Å². The van der Waals surface area contributed by atoms with Gasteiger partial charge >= 0.3 is 6.03 Å². The minimum Gasteiger partial charge on any atom is -0.418 e. The van der Waals surface area contributed by atoms with Crippen molar-refractivity contribution in [3.63, 3.8) is 0 Å². The number of rotatable bonds is 6. The summed E-state index contributed by atoms with van der Waals surface area (Å²) in [7, 11) is 0. The van der Waals surface area contributed by atoms with Crippen molar-refractivity contribution in [1.29, 1.82) is 0 Å². The third kappa shape index (κ3) is 5.42. The zero-order valence-corrected chi connectivity index (χ0v) is 21.3. The Hall–Kier alpha value is -2.50. The van der Waals surface area contributed by atoms with Crippen molar-refractivity contribution in [3.05, 3.63) is 59.0 Å². The molecule has 0 N–H and O–H groups in total. The van der Waals surface area contributed by atoms with Gasteiger partial charge in [0.25, 0.3) is 0 Å². The van der Waals surface area contributed by atoms with Gasteiger partial charge in [-0.25, -0.2) is 9.18 Å². The molecule has 9 nitrogen and oxygen atoms in total. The number of ether oxygens (including phenoxy) is 1. The highest BCUT2D eigenvalue weighted by atomic mass is 35.5. The molecule has 2 aromatic heterocycles. The maximum Gasteiger partial charge on any atom is 0.324 e. The van der Waals surface area contributed by atoms with Crippen LogP contribution in [-0.2, 0) is 11.3 Å². The number of hydrogen-bond donors (Lipinski definition) is 0. The number of hydrogen-bond acceptors (Lipinski definition) is 7. The van der Waals surface area contributed by atoms with E-state index >= 15 is 0 Å². The van der Waals surface area contributed by atoms with E-state index in [-0.39, 0.29) is 29.4 Å². The molecule has 0 saturated carbocycles. The third-order valence-electron chi connectivity index (χ3n) is 6.19. The molecule has 2 aliphatic rings. The summed E-state index contributed by atoms with van der Waals surface area (Å²) in [6, 6.07) is 7.94. The predicted molar refractivity (Wildman–Crippen MR) is 133 cm³/mol. The molecule has 0 atom stereocenters. The molecule has 0 radical (unpaired) electrons. The van der Waals surface area contributed by atoms with Gasteiger partial charge in [0.05, 0.1) is 42.1 Å². The van der Waals surface area contributed by atoms with E-state index in [1.54, 1.807) is 28.1 Å². The number of benzene rings is 1. The number of anilines is 1. The minimum absolute atomic E-state index is 0.0625. The topological polar surface area (TPSA) is 87.8 Å². The Morgan fingerprint density at radius 3 is 2.50 bits per heavy atom. The molecule has 4 heterocycles. The molecule has 2 fully saturated rings. The van der Waals surface area contributed by atoms with E-state index < -0.39 is 10.7 Å². The number of halogens is 4. The fraction of sp³-hybridized carbons (Fsp3) is 0.391. The molecule has 0 aliphatic carbocycles. The lowest BCUT2D eigenvalue weighted by Crippen LogP contribution is -2.59. The monoisotopic (exact) mass is 554 g/mol. The molecule has 2 aliphatic heterocycles. The van der Waals surface area contributed by atoms with Crippen molar-refractivity contribution in [3.8, 4) is 11.5 Å². The van der Waals surface area contributed by atoms with Crippen LogP contribution in [0.25, 0.3) is 11.5 Å². The first kappa shape index (κ1) is 25.2. The number of alkyl halides is 2.